The Morgan fingerprint density at radius 2 is 1.93 bits per heavy atom. The fourth-order valence-corrected chi connectivity index (χ4v) is 7.81. The molecule has 4 rings (SSSR count). The topological polar surface area (TPSA) is 274 Å². The lowest BCUT2D eigenvalue weighted by molar-refractivity contribution is -0.173. The molecule has 9 N–H and O–H groups in total. The van der Waals surface area contributed by atoms with E-state index in [-0.39, 0.29) is 23.4 Å². The van der Waals surface area contributed by atoms with E-state index in [0.29, 0.717) is 0 Å². The number of halogens is 2. The molecule has 18 nitrogen and oxygen atoms in total. The fraction of sp³-hybridized carbons (Fsp3) is 0.750. The van der Waals surface area contributed by atoms with Crippen molar-refractivity contribution >= 4 is 43.3 Å². The molecule has 0 spiro atoms. The van der Waals surface area contributed by atoms with Crippen LogP contribution in [-0.2, 0) is 39.2 Å². The first kappa shape index (κ1) is 34.5. The van der Waals surface area contributed by atoms with Crippen molar-refractivity contribution in [2.75, 3.05) is 25.6 Å². The van der Waals surface area contributed by atoms with E-state index in [4.69, 9.17) is 36.6 Å². The molecule has 2 aliphatic rings. The Bertz CT molecular complexity index is 1380. The quantitative estimate of drug-likeness (QED) is 0.126. The largest absolute Gasteiger partial charge is 0.481 e. The molecule has 23 heteroatoms. The number of ether oxygens (including phenoxy) is 2. The van der Waals surface area contributed by atoms with E-state index in [1.165, 1.54) is 17.8 Å². The summed E-state index contributed by atoms with van der Waals surface area (Å²) >= 11 is 4.73. The van der Waals surface area contributed by atoms with Gasteiger partial charge in [-0.25, -0.2) is 32.6 Å². The first-order chi connectivity index (χ1) is 20.0. The number of aliphatic hydroxyl groups excluding tert-OH is 5. The molecule has 0 saturated carbocycles. The van der Waals surface area contributed by atoms with E-state index in [1.807, 2.05) is 0 Å². The molecular weight excluding hydrogens is 650 g/mol. The molecule has 2 saturated heterocycles. The van der Waals surface area contributed by atoms with Crippen LogP contribution >= 0.6 is 14.5 Å². The molecule has 2 aromatic heterocycles. The van der Waals surface area contributed by atoms with Gasteiger partial charge in [-0.3, -0.25) is 9.09 Å². The molecule has 43 heavy (non-hydrogen) atoms. The maximum Gasteiger partial charge on any atom is 0.481 e. The van der Waals surface area contributed by atoms with Crippen molar-refractivity contribution in [3.63, 3.8) is 0 Å². The smallest absolute Gasteiger partial charge is 0.393 e. The molecule has 2 aliphatic heterocycles. The second-order valence-electron chi connectivity index (χ2n) is 9.79. The highest BCUT2D eigenvalue weighted by atomic mass is 32.5. The Labute approximate surface area is 246 Å². The summed E-state index contributed by atoms with van der Waals surface area (Å²) in [5.41, 5.74) is 3.58. The standard InChI is InChI=1S/C20H31F2N5O13P2S/c1-2-20(22)15(32)10(38-19(20)27-7-26-11-16(23)24-6-25-17(11)27)5-37-42(35,43)40-41(33,34)39-18-14(31)13(30)12(29)8(4-36-18)9(21)3-28/h6-10,12-15,18-19,28-32H,2-5H2,1H3,(H,33,34)(H,35,43)(H2,23,24,25)/t8?,9-,10+,12?,13?,14?,15+,18?,19+,20+,42?/m0/s1. The number of fused-ring (bicyclic) bond motifs is 1. The number of hydrogen-bond acceptors (Lipinski definition) is 16. The van der Waals surface area contributed by atoms with Gasteiger partial charge < -0.3 is 55.1 Å². The Morgan fingerprint density at radius 3 is 2.58 bits per heavy atom. The SMILES string of the molecule is CC[C@@]1(F)[C@H](O)[C@@H](COP(O)(=S)OP(=O)(O)OC2OCC([C@@H](F)CO)C(O)C(O)C2O)O[C@H]1n1cnc2c(N)ncnc21. The van der Waals surface area contributed by atoms with Crippen LogP contribution in [0.1, 0.15) is 19.6 Å². The Morgan fingerprint density at radius 1 is 1.23 bits per heavy atom. The van der Waals surface area contributed by atoms with Crippen LogP contribution in [0.5, 0.6) is 0 Å². The second kappa shape index (κ2) is 13.1. The predicted molar refractivity (Wildman–Crippen MR) is 141 cm³/mol. The van der Waals surface area contributed by atoms with Gasteiger partial charge in [-0.15, -0.1) is 0 Å². The van der Waals surface area contributed by atoms with E-state index in [9.17, 15) is 39.2 Å². The van der Waals surface area contributed by atoms with Crippen LogP contribution in [0.3, 0.4) is 0 Å². The van der Waals surface area contributed by atoms with Crippen LogP contribution < -0.4 is 5.73 Å². The van der Waals surface area contributed by atoms with Crippen molar-refractivity contribution < 1.29 is 71.5 Å². The molecule has 2 fully saturated rings. The van der Waals surface area contributed by atoms with E-state index in [2.05, 4.69) is 23.8 Å². The lowest BCUT2D eigenvalue weighted by Crippen LogP contribution is -2.47. The highest BCUT2D eigenvalue weighted by Gasteiger charge is 2.58. The van der Waals surface area contributed by atoms with Crippen molar-refractivity contribution in [3.05, 3.63) is 12.7 Å². The van der Waals surface area contributed by atoms with E-state index in [1.54, 1.807) is 0 Å². The number of aromatic nitrogens is 4. The van der Waals surface area contributed by atoms with Crippen LogP contribution in [0.4, 0.5) is 14.6 Å². The number of nitrogen functional groups attached to an aromatic ring is 1. The minimum atomic E-state index is -5.49. The van der Waals surface area contributed by atoms with Crippen LogP contribution in [-0.4, -0.2) is 123 Å². The average molecular weight is 682 g/mol. The van der Waals surface area contributed by atoms with E-state index in [0.717, 1.165) is 6.33 Å². The molecular formula is C20H31F2N5O13P2S. The third-order valence-corrected chi connectivity index (χ3v) is 10.6. The summed E-state index contributed by atoms with van der Waals surface area (Å²) < 4.78 is 68.7. The second-order valence-corrected chi connectivity index (χ2v) is 14.2. The molecule has 0 amide bonds. The molecule has 7 unspecified atom stereocenters. The summed E-state index contributed by atoms with van der Waals surface area (Å²) in [6.07, 6.45) is -13.5. The molecule has 0 aliphatic carbocycles. The number of alkyl halides is 2. The van der Waals surface area contributed by atoms with Gasteiger partial charge in [0.25, 0.3) is 0 Å². The summed E-state index contributed by atoms with van der Waals surface area (Å²) in [6, 6.07) is 0. The number of aliphatic hydroxyl groups is 5. The lowest BCUT2D eigenvalue weighted by Gasteiger charge is -2.28. The summed E-state index contributed by atoms with van der Waals surface area (Å²) in [5, 5.41) is 50.1. The van der Waals surface area contributed by atoms with Crippen LogP contribution in [0, 0.1) is 5.92 Å². The number of hydrogen-bond donors (Lipinski definition) is 8. The zero-order chi connectivity index (χ0) is 31.9. The molecule has 0 aromatic carbocycles. The highest BCUT2D eigenvalue weighted by Crippen LogP contribution is 2.62. The van der Waals surface area contributed by atoms with Gasteiger partial charge in [0.05, 0.1) is 32.3 Å². The molecule has 12 atom stereocenters. The third kappa shape index (κ3) is 7.06. The van der Waals surface area contributed by atoms with Crippen molar-refractivity contribution in [2.45, 2.75) is 68.2 Å². The summed E-state index contributed by atoms with van der Waals surface area (Å²) in [6.45, 7) is -6.00. The van der Waals surface area contributed by atoms with Gasteiger partial charge in [0, 0.05) is 5.92 Å². The number of phosphoric acid groups is 1. The van der Waals surface area contributed by atoms with Crippen LogP contribution in [0.2, 0.25) is 0 Å². The van der Waals surface area contributed by atoms with Crippen LogP contribution in [0.15, 0.2) is 12.7 Å². The minimum Gasteiger partial charge on any atom is -0.393 e. The first-order valence-electron chi connectivity index (χ1n) is 12.6. The maximum atomic E-state index is 16.0. The fourth-order valence-electron chi connectivity index (χ4n) is 4.70. The minimum absolute atomic E-state index is 0.0148. The monoisotopic (exact) mass is 681 g/mol. The number of nitrogens with two attached hydrogens (primary N) is 1. The Kier molecular flexibility index (Phi) is 10.5. The van der Waals surface area contributed by atoms with Gasteiger partial charge in [-0.05, 0) is 18.2 Å². The summed E-state index contributed by atoms with van der Waals surface area (Å²) in [7, 11) is -5.49. The number of imidazole rings is 1. The van der Waals surface area contributed by atoms with Crippen LogP contribution in [0.25, 0.3) is 11.2 Å². The van der Waals surface area contributed by atoms with Crippen molar-refractivity contribution in [2.24, 2.45) is 5.92 Å². The molecule has 244 valence electrons. The molecule has 2 aromatic rings. The maximum absolute atomic E-state index is 16.0. The van der Waals surface area contributed by atoms with Gasteiger partial charge in [-0.1, -0.05) is 6.92 Å². The molecule has 4 heterocycles. The average Bonchev–Trinajstić information content (AvgIpc) is 3.46. The van der Waals surface area contributed by atoms with Gasteiger partial charge in [0.1, 0.15) is 42.4 Å². The first-order valence-corrected chi connectivity index (χ1v) is 16.7. The van der Waals surface area contributed by atoms with Crippen molar-refractivity contribution in [3.8, 4) is 0 Å². The molecule has 0 radical (unpaired) electrons. The zero-order valence-electron chi connectivity index (χ0n) is 22.2. The van der Waals surface area contributed by atoms with Crippen molar-refractivity contribution in [1.29, 1.82) is 0 Å². The van der Waals surface area contributed by atoms with E-state index >= 15 is 4.39 Å². The predicted octanol–water partition coefficient (Wildman–Crippen LogP) is -1.46. The normalized spacial score (nSPS) is 37.1. The summed E-state index contributed by atoms with van der Waals surface area (Å²) in [5.74, 6) is -1.53. The Hall–Kier alpha value is -1.39. The van der Waals surface area contributed by atoms with Gasteiger partial charge in [0.15, 0.2) is 29.7 Å². The van der Waals surface area contributed by atoms with Gasteiger partial charge >= 0.3 is 14.5 Å². The number of rotatable bonds is 11. The van der Waals surface area contributed by atoms with E-state index < -0.39 is 95.2 Å². The zero-order valence-corrected chi connectivity index (χ0v) is 24.8. The third-order valence-electron chi connectivity index (χ3n) is 7.09. The number of nitrogens with zero attached hydrogens (tertiary/aromatic N) is 4. The highest BCUT2D eigenvalue weighted by molar-refractivity contribution is 8.08. The van der Waals surface area contributed by atoms with Gasteiger partial charge in [-0.2, -0.15) is 0 Å². The number of anilines is 1. The molecule has 0 bridgehead atoms. The number of phosphoric ester groups is 1. The summed E-state index contributed by atoms with van der Waals surface area (Å²) in [4.78, 5) is 32.4. The lowest BCUT2D eigenvalue weighted by atomic mass is 9.93. The van der Waals surface area contributed by atoms with Crippen molar-refractivity contribution in [1.82, 2.24) is 19.5 Å². The Balaban J connectivity index is 1.42. The van der Waals surface area contributed by atoms with Gasteiger partial charge in [0.2, 0.25) is 0 Å².